The summed E-state index contributed by atoms with van der Waals surface area (Å²) in [4.78, 5) is 29.5. The van der Waals surface area contributed by atoms with Gasteiger partial charge >= 0.3 is 0 Å². The van der Waals surface area contributed by atoms with Crippen molar-refractivity contribution in [2.24, 2.45) is 0 Å². The second-order valence-corrected chi connectivity index (χ2v) is 7.50. The van der Waals surface area contributed by atoms with Gasteiger partial charge in [0.25, 0.3) is 11.8 Å². The van der Waals surface area contributed by atoms with Crippen LogP contribution in [-0.4, -0.2) is 23.4 Å². The van der Waals surface area contributed by atoms with E-state index < -0.39 is 0 Å². The average Bonchev–Trinajstić information content (AvgIpc) is 3.01. The lowest BCUT2D eigenvalue weighted by atomic mass is 10.1. The van der Waals surface area contributed by atoms with Crippen LogP contribution < -0.4 is 15.4 Å². The van der Waals surface area contributed by atoms with Crippen molar-refractivity contribution in [3.8, 4) is 17.0 Å². The molecular formula is C20H17N3O3S. The molecule has 136 valence electrons. The second-order valence-electron chi connectivity index (χ2n) is 6.30. The summed E-state index contributed by atoms with van der Waals surface area (Å²) in [6.07, 6.45) is 0. The average molecular weight is 379 g/mol. The molecule has 0 aliphatic carbocycles. The van der Waals surface area contributed by atoms with Crippen molar-refractivity contribution in [3.63, 3.8) is 0 Å². The van der Waals surface area contributed by atoms with Crippen LogP contribution in [0.3, 0.4) is 0 Å². The minimum absolute atomic E-state index is 0.0250. The smallest absolute Gasteiger partial charge is 0.262 e. The number of aryl methyl sites for hydroxylation is 2. The number of thiazole rings is 1. The number of aromatic nitrogens is 1. The van der Waals surface area contributed by atoms with Gasteiger partial charge in [0.2, 0.25) is 0 Å². The first-order valence-corrected chi connectivity index (χ1v) is 9.24. The van der Waals surface area contributed by atoms with Crippen LogP contribution in [0.4, 0.5) is 10.8 Å². The van der Waals surface area contributed by atoms with E-state index in [4.69, 9.17) is 4.74 Å². The molecule has 0 radical (unpaired) electrons. The Kier molecular flexibility index (Phi) is 4.37. The summed E-state index contributed by atoms with van der Waals surface area (Å²) in [6.45, 7) is 3.92. The maximum atomic E-state index is 12.4. The summed E-state index contributed by atoms with van der Waals surface area (Å²) >= 11 is 1.41. The number of benzene rings is 2. The van der Waals surface area contributed by atoms with E-state index >= 15 is 0 Å². The molecule has 0 atom stereocenters. The molecule has 0 bridgehead atoms. The number of hydrogen-bond acceptors (Lipinski definition) is 5. The molecule has 2 heterocycles. The largest absolute Gasteiger partial charge is 0.482 e. The Labute approximate surface area is 160 Å². The molecule has 0 unspecified atom stereocenters. The first-order chi connectivity index (χ1) is 13.0. The molecule has 0 fully saturated rings. The second kappa shape index (κ2) is 6.85. The third kappa shape index (κ3) is 3.54. The van der Waals surface area contributed by atoms with Gasteiger partial charge in [-0.2, -0.15) is 0 Å². The minimum atomic E-state index is -0.190. The molecule has 2 N–H and O–H groups in total. The van der Waals surface area contributed by atoms with Gasteiger partial charge in [0.05, 0.1) is 11.4 Å². The fourth-order valence-corrected chi connectivity index (χ4v) is 3.73. The van der Waals surface area contributed by atoms with Crippen molar-refractivity contribution < 1.29 is 14.3 Å². The Morgan fingerprint density at radius 1 is 1.22 bits per heavy atom. The molecule has 27 heavy (non-hydrogen) atoms. The Morgan fingerprint density at radius 2 is 2.07 bits per heavy atom. The lowest BCUT2D eigenvalue weighted by Crippen LogP contribution is -2.25. The normalized spacial score (nSPS) is 12.7. The van der Waals surface area contributed by atoms with Crippen LogP contribution in [0.2, 0.25) is 0 Å². The quantitative estimate of drug-likeness (QED) is 0.721. The van der Waals surface area contributed by atoms with Gasteiger partial charge < -0.3 is 10.1 Å². The van der Waals surface area contributed by atoms with E-state index in [1.54, 1.807) is 6.07 Å². The number of ether oxygens (including phenoxy) is 1. The topological polar surface area (TPSA) is 80.3 Å². The molecule has 4 rings (SSSR count). The van der Waals surface area contributed by atoms with Gasteiger partial charge in [-0.05, 0) is 44.2 Å². The van der Waals surface area contributed by atoms with Crippen LogP contribution in [-0.2, 0) is 4.79 Å². The van der Waals surface area contributed by atoms with Crippen LogP contribution in [0, 0.1) is 13.8 Å². The van der Waals surface area contributed by atoms with Gasteiger partial charge in [-0.15, -0.1) is 11.3 Å². The molecule has 0 spiro atoms. The standard InChI is InChI=1S/C20H17N3O3S/c1-11-4-3-5-14(8-11)19(25)23-20-22-18(12(2)27-20)13-6-7-16-15(9-13)21-17(24)10-26-16/h3-9H,10H2,1-2H3,(H,21,24)(H,22,23,25). The van der Waals surface area contributed by atoms with Gasteiger partial charge in [0.1, 0.15) is 5.75 Å². The number of fused-ring (bicyclic) bond motifs is 1. The zero-order valence-electron chi connectivity index (χ0n) is 14.8. The van der Waals surface area contributed by atoms with Gasteiger partial charge in [-0.1, -0.05) is 17.7 Å². The van der Waals surface area contributed by atoms with Crippen molar-refractivity contribution in [2.75, 3.05) is 17.2 Å². The van der Waals surface area contributed by atoms with Crippen LogP contribution in [0.25, 0.3) is 11.3 Å². The third-order valence-corrected chi connectivity index (χ3v) is 5.07. The van der Waals surface area contributed by atoms with E-state index in [0.717, 1.165) is 21.7 Å². The number of carbonyl (C=O) groups excluding carboxylic acids is 2. The molecule has 3 aromatic rings. The molecule has 2 aromatic carbocycles. The Hall–Kier alpha value is -3.19. The first-order valence-electron chi connectivity index (χ1n) is 8.42. The molecule has 7 heteroatoms. The lowest BCUT2D eigenvalue weighted by Gasteiger charge is -2.18. The molecule has 1 aliphatic rings. The van der Waals surface area contributed by atoms with Gasteiger partial charge in [-0.25, -0.2) is 4.98 Å². The Balaban J connectivity index is 1.59. The van der Waals surface area contributed by atoms with E-state index in [0.29, 0.717) is 22.1 Å². The van der Waals surface area contributed by atoms with Crippen LogP contribution >= 0.6 is 11.3 Å². The fourth-order valence-electron chi connectivity index (χ4n) is 2.90. The molecule has 1 aliphatic heterocycles. The highest BCUT2D eigenvalue weighted by Gasteiger charge is 2.19. The molecule has 1 aromatic heterocycles. The Bertz CT molecular complexity index is 1060. The summed E-state index contributed by atoms with van der Waals surface area (Å²) in [5.41, 5.74) is 3.86. The third-order valence-electron chi connectivity index (χ3n) is 4.18. The lowest BCUT2D eigenvalue weighted by molar-refractivity contribution is -0.118. The predicted molar refractivity (Wildman–Crippen MR) is 106 cm³/mol. The van der Waals surface area contributed by atoms with Crippen molar-refractivity contribution >= 4 is 34.0 Å². The SMILES string of the molecule is Cc1cccc(C(=O)Nc2nc(-c3ccc4c(c3)NC(=O)CO4)c(C)s2)c1. The van der Waals surface area contributed by atoms with E-state index in [1.807, 2.05) is 50.2 Å². The van der Waals surface area contributed by atoms with Crippen LogP contribution in [0.15, 0.2) is 42.5 Å². The molecule has 2 amide bonds. The highest BCUT2D eigenvalue weighted by Crippen LogP contribution is 2.36. The van der Waals surface area contributed by atoms with Gasteiger partial charge in [0.15, 0.2) is 11.7 Å². The number of hydrogen-bond donors (Lipinski definition) is 2. The van der Waals surface area contributed by atoms with Crippen LogP contribution in [0.5, 0.6) is 5.75 Å². The van der Waals surface area contributed by atoms with Crippen molar-refractivity contribution in [2.45, 2.75) is 13.8 Å². The maximum Gasteiger partial charge on any atom is 0.262 e. The van der Waals surface area contributed by atoms with Crippen LogP contribution in [0.1, 0.15) is 20.8 Å². The summed E-state index contributed by atoms with van der Waals surface area (Å²) < 4.78 is 5.39. The Morgan fingerprint density at radius 3 is 2.89 bits per heavy atom. The molecule has 0 saturated heterocycles. The predicted octanol–water partition coefficient (Wildman–Crippen LogP) is 4.01. The van der Waals surface area contributed by atoms with Crippen molar-refractivity contribution in [3.05, 3.63) is 58.5 Å². The summed E-state index contributed by atoms with van der Waals surface area (Å²) in [5, 5.41) is 6.19. The zero-order valence-corrected chi connectivity index (χ0v) is 15.6. The monoisotopic (exact) mass is 379 g/mol. The number of carbonyl (C=O) groups is 2. The number of rotatable bonds is 3. The molecule has 0 saturated carbocycles. The summed E-state index contributed by atoms with van der Waals surface area (Å²) in [7, 11) is 0. The minimum Gasteiger partial charge on any atom is -0.482 e. The number of amides is 2. The summed E-state index contributed by atoms with van der Waals surface area (Å²) in [6, 6.07) is 12.9. The number of anilines is 2. The highest BCUT2D eigenvalue weighted by atomic mass is 32.1. The van der Waals surface area contributed by atoms with Gasteiger partial charge in [0, 0.05) is 16.0 Å². The number of nitrogens with zero attached hydrogens (tertiary/aromatic N) is 1. The molecule has 6 nitrogen and oxygen atoms in total. The van der Waals surface area contributed by atoms with Gasteiger partial charge in [-0.3, -0.25) is 14.9 Å². The van der Waals surface area contributed by atoms with Crippen molar-refractivity contribution in [1.29, 1.82) is 0 Å². The van der Waals surface area contributed by atoms with Crippen molar-refractivity contribution in [1.82, 2.24) is 4.98 Å². The van der Waals surface area contributed by atoms with E-state index in [2.05, 4.69) is 15.6 Å². The van der Waals surface area contributed by atoms with E-state index in [1.165, 1.54) is 11.3 Å². The van der Waals surface area contributed by atoms with E-state index in [-0.39, 0.29) is 18.4 Å². The fraction of sp³-hybridized carbons (Fsp3) is 0.150. The number of nitrogens with one attached hydrogen (secondary N) is 2. The highest BCUT2D eigenvalue weighted by molar-refractivity contribution is 7.16. The van der Waals surface area contributed by atoms with E-state index in [9.17, 15) is 9.59 Å². The summed E-state index contributed by atoms with van der Waals surface area (Å²) in [5.74, 6) is 0.269. The maximum absolute atomic E-state index is 12.4. The first kappa shape index (κ1) is 17.2. The molecular weight excluding hydrogens is 362 g/mol. The zero-order chi connectivity index (χ0) is 19.0.